The van der Waals surface area contributed by atoms with Gasteiger partial charge in [-0.3, -0.25) is 14.6 Å². The number of Topliss-reactive ketones (excluding diaryl/α,β-unsaturated/α-hetero) is 1. The number of ketones is 1. The third-order valence-corrected chi connectivity index (χ3v) is 5.39. The maximum atomic E-state index is 13.0. The van der Waals surface area contributed by atoms with Crippen molar-refractivity contribution in [2.45, 2.75) is 19.9 Å². The number of ether oxygens (including phenoxy) is 1. The molecule has 1 fully saturated rings. The maximum Gasteiger partial charge on any atom is 0.354 e. The van der Waals surface area contributed by atoms with Gasteiger partial charge in [0.15, 0.2) is 0 Å². The zero-order valence-corrected chi connectivity index (χ0v) is 18.2. The van der Waals surface area contributed by atoms with E-state index in [-0.39, 0.29) is 17.0 Å². The molecular formula is C22H26N4O5. The van der Waals surface area contributed by atoms with Crippen LogP contribution in [0, 0.1) is 13.8 Å². The Labute approximate surface area is 180 Å². The van der Waals surface area contributed by atoms with Crippen LogP contribution >= 0.6 is 0 Å². The molecule has 9 nitrogen and oxygen atoms in total. The fourth-order valence-electron chi connectivity index (χ4n) is 3.85. The van der Waals surface area contributed by atoms with E-state index in [1.54, 1.807) is 38.4 Å². The van der Waals surface area contributed by atoms with Crippen LogP contribution in [0.1, 0.15) is 38.9 Å². The number of nitrogens with one attached hydrogen (secondary N) is 1. The van der Waals surface area contributed by atoms with Crippen LogP contribution in [0.3, 0.4) is 0 Å². The van der Waals surface area contributed by atoms with Gasteiger partial charge in [-0.25, -0.2) is 4.79 Å². The Balaban J connectivity index is 2.20. The second-order valence-electron chi connectivity index (χ2n) is 7.70. The molecule has 2 aromatic heterocycles. The molecule has 2 N–H and O–H groups in total. The minimum atomic E-state index is -0.788. The number of rotatable bonds is 6. The summed E-state index contributed by atoms with van der Waals surface area (Å²) in [5.41, 5.74) is 1.99. The average Bonchev–Trinajstić information content (AvgIpc) is 3.18. The fourth-order valence-corrected chi connectivity index (χ4v) is 3.85. The molecule has 1 amide bonds. The Morgan fingerprint density at radius 3 is 2.61 bits per heavy atom. The van der Waals surface area contributed by atoms with Gasteiger partial charge in [0.05, 0.1) is 18.7 Å². The Hall–Kier alpha value is -3.46. The summed E-state index contributed by atoms with van der Waals surface area (Å²) in [6.07, 6.45) is 3.17. The molecule has 31 heavy (non-hydrogen) atoms. The highest BCUT2D eigenvalue weighted by atomic mass is 16.5. The van der Waals surface area contributed by atoms with E-state index in [4.69, 9.17) is 4.74 Å². The molecule has 1 atom stereocenters. The number of aromatic amines is 1. The summed E-state index contributed by atoms with van der Waals surface area (Å²) in [5, 5.41) is 11.2. The summed E-state index contributed by atoms with van der Waals surface area (Å²) >= 11 is 0. The molecule has 0 aromatic carbocycles. The van der Waals surface area contributed by atoms with E-state index in [0.29, 0.717) is 35.5 Å². The Morgan fingerprint density at radius 1 is 1.32 bits per heavy atom. The van der Waals surface area contributed by atoms with E-state index in [1.807, 2.05) is 19.0 Å². The molecule has 0 radical (unpaired) electrons. The quantitative estimate of drug-likeness (QED) is 0.313. The molecule has 0 aliphatic carbocycles. The number of carbonyl (C=O) groups is 3. The van der Waals surface area contributed by atoms with Gasteiger partial charge in [-0.15, -0.1) is 0 Å². The van der Waals surface area contributed by atoms with Crippen LogP contribution < -0.4 is 0 Å². The minimum Gasteiger partial charge on any atom is -0.507 e. The molecule has 1 aliphatic heterocycles. The Kier molecular flexibility index (Phi) is 6.26. The number of H-pyrrole nitrogens is 1. The lowest BCUT2D eigenvalue weighted by atomic mass is 9.95. The third kappa shape index (κ3) is 3.96. The predicted octanol–water partition coefficient (Wildman–Crippen LogP) is 1.80. The fraction of sp³-hybridized carbons (Fsp3) is 0.364. The van der Waals surface area contributed by atoms with E-state index < -0.39 is 23.7 Å². The SMILES string of the molecule is COC(=O)c1[nH]c(C)c(/C(O)=C2/C(=O)C(=O)N(CCN(C)C)C2c2cccnc2)c1C. The number of likely N-dealkylation sites (tertiary alicyclic amines) is 1. The zero-order chi connectivity index (χ0) is 22.9. The van der Waals surface area contributed by atoms with Crippen molar-refractivity contribution >= 4 is 23.4 Å². The summed E-state index contributed by atoms with van der Waals surface area (Å²) in [7, 11) is 5.00. The minimum absolute atomic E-state index is 0.0293. The number of aliphatic hydroxyl groups excluding tert-OH is 1. The number of nitrogens with zero attached hydrogens (tertiary/aromatic N) is 3. The molecule has 0 bridgehead atoms. The van der Waals surface area contributed by atoms with Crippen LogP contribution in [-0.4, -0.2) is 76.8 Å². The van der Waals surface area contributed by atoms with Crippen molar-refractivity contribution in [2.24, 2.45) is 0 Å². The van der Waals surface area contributed by atoms with Crippen LogP contribution in [0.25, 0.3) is 5.76 Å². The van der Waals surface area contributed by atoms with Crippen molar-refractivity contribution < 1.29 is 24.2 Å². The van der Waals surface area contributed by atoms with Gasteiger partial charge in [0.1, 0.15) is 11.5 Å². The molecule has 2 aromatic rings. The second kappa shape index (κ2) is 8.73. The average molecular weight is 426 g/mol. The predicted molar refractivity (Wildman–Crippen MR) is 113 cm³/mol. The summed E-state index contributed by atoms with van der Waals surface area (Å²) < 4.78 is 4.78. The van der Waals surface area contributed by atoms with E-state index >= 15 is 0 Å². The Bertz CT molecular complexity index is 1060. The van der Waals surface area contributed by atoms with Crippen LogP contribution in [0.4, 0.5) is 0 Å². The summed E-state index contributed by atoms with van der Waals surface area (Å²) in [6, 6.07) is 2.68. The van der Waals surface area contributed by atoms with Gasteiger partial charge < -0.3 is 24.6 Å². The number of aromatic nitrogens is 2. The summed E-state index contributed by atoms with van der Waals surface area (Å²) in [4.78, 5) is 48.3. The first-order chi connectivity index (χ1) is 14.7. The van der Waals surface area contributed by atoms with Crippen LogP contribution in [-0.2, 0) is 14.3 Å². The number of pyridine rings is 1. The van der Waals surface area contributed by atoms with Gasteiger partial charge in [-0.05, 0) is 45.1 Å². The van der Waals surface area contributed by atoms with E-state index in [1.165, 1.54) is 12.0 Å². The van der Waals surface area contributed by atoms with Crippen LogP contribution in [0.15, 0.2) is 30.1 Å². The van der Waals surface area contributed by atoms with Crippen molar-refractivity contribution in [3.05, 3.63) is 58.2 Å². The number of hydrogen-bond acceptors (Lipinski definition) is 7. The van der Waals surface area contributed by atoms with Crippen molar-refractivity contribution in [2.75, 3.05) is 34.3 Å². The van der Waals surface area contributed by atoms with Gasteiger partial charge in [0, 0.05) is 36.7 Å². The number of aliphatic hydroxyl groups is 1. The highest BCUT2D eigenvalue weighted by Crippen LogP contribution is 2.40. The first-order valence-electron chi connectivity index (χ1n) is 9.79. The molecule has 3 rings (SSSR count). The van der Waals surface area contributed by atoms with Crippen molar-refractivity contribution in [3.63, 3.8) is 0 Å². The number of aryl methyl sites for hydroxylation is 1. The number of methoxy groups -OCH3 is 1. The number of amides is 1. The lowest BCUT2D eigenvalue weighted by Crippen LogP contribution is -2.35. The standard InChI is InChI=1S/C22H26N4O5/c1-12-15(13(2)24-17(12)22(30)31-5)19(27)16-18(14-7-6-8-23-11-14)26(10-9-25(3)4)21(29)20(16)28/h6-8,11,18,24,27H,9-10H2,1-5H3/b19-16-. The largest absolute Gasteiger partial charge is 0.507 e. The zero-order valence-electron chi connectivity index (χ0n) is 18.2. The van der Waals surface area contributed by atoms with Gasteiger partial charge in [0.25, 0.3) is 11.7 Å². The molecule has 0 spiro atoms. The van der Waals surface area contributed by atoms with Crippen LogP contribution in [0.2, 0.25) is 0 Å². The van der Waals surface area contributed by atoms with E-state index in [9.17, 15) is 19.5 Å². The highest BCUT2D eigenvalue weighted by molar-refractivity contribution is 6.46. The van der Waals surface area contributed by atoms with Gasteiger partial charge in [-0.1, -0.05) is 6.07 Å². The first-order valence-corrected chi connectivity index (χ1v) is 9.79. The van der Waals surface area contributed by atoms with Gasteiger partial charge >= 0.3 is 5.97 Å². The molecular weight excluding hydrogens is 400 g/mol. The first kappa shape index (κ1) is 22.2. The number of carbonyl (C=O) groups excluding carboxylic acids is 3. The number of hydrogen-bond donors (Lipinski definition) is 2. The smallest absolute Gasteiger partial charge is 0.354 e. The van der Waals surface area contributed by atoms with Gasteiger partial charge in [-0.2, -0.15) is 0 Å². The summed E-state index contributed by atoms with van der Waals surface area (Å²) in [6.45, 7) is 4.16. The van der Waals surface area contributed by atoms with E-state index in [0.717, 1.165) is 0 Å². The van der Waals surface area contributed by atoms with Crippen LogP contribution in [0.5, 0.6) is 0 Å². The number of esters is 1. The normalized spacial score (nSPS) is 18.1. The molecule has 1 saturated heterocycles. The lowest BCUT2D eigenvalue weighted by Gasteiger charge is -2.26. The maximum absolute atomic E-state index is 13.0. The van der Waals surface area contributed by atoms with Crippen molar-refractivity contribution in [1.82, 2.24) is 19.8 Å². The molecule has 9 heteroatoms. The van der Waals surface area contributed by atoms with Crippen molar-refractivity contribution in [3.8, 4) is 0 Å². The summed E-state index contributed by atoms with van der Waals surface area (Å²) in [5.74, 6) is -2.38. The number of likely N-dealkylation sites (N-methyl/N-ethyl adjacent to an activating group) is 1. The van der Waals surface area contributed by atoms with E-state index in [2.05, 4.69) is 9.97 Å². The third-order valence-electron chi connectivity index (χ3n) is 5.39. The van der Waals surface area contributed by atoms with Crippen molar-refractivity contribution in [1.29, 1.82) is 0 Å². The topological polar surface area (TPSA) is 116 Å². The molecule has 1 aliphatic rings. The molecule has 3 heterocycles. The van der Waals surface area contributed by atoms with Gasteiger partial charge in [0.2, 0.25) is 0 Å². The molecule has 0 saturated carbocycles. The highest BCUT2D eigenvalue weighted by Gasteiger charge is 2.46. The lowest BCUT2D eigenvalue weighted by molar-refractivity contribution is -0.140. The monoisotopic (exact) mass is 426 g/mol. The Morgan fingerprint density at radius 2 is 2.03 bits per heavy atom. The second-order valence-corrected chi connectivity index (χ2v) is 7.70. The molecule has 164 valence electrons. The molecule has 1 unspecified atom stereocenters.